The highest BCUT2D eigenvalue weighted by atomic mass is 16.5. The number of carboxylic acids is 1. The molecule has 5 heteroatoms. The van der Waals surface area contributed by atoms with E-state index in [2.05, 4.69) is 0 Å². The fraction of sp³-hybridized carbons (Fsp3) is 0.750. The van der Waals surface area contributed by atoms with E-state index in [1.54, 1.807) is 0 Å². The first-order valence-electron chi connectivity index (χ1n) is 4.29. The van der Waals surface area contributed by atoms with Crippen LogP contribution < -0.4 is 0 Å². The third-order valence-corrected chi connectivity index (χ3v) is 2.89. The van der Waals surface area contributed by atoms with E-state index in [9.17, 15) is 9.59 Å². The number of carbonyl (C=O) groups is 2. The number of hydrogen-bond donors (Lipinski definition) is 1. The molecule has 2 rings (SSSR count). The highest BCUT2D eigenvalue weighted by Crippen LogP contribution is 2.43. The van der Waals surface area contributed by atoms with Crippen molar-refractivity contribution in [2.45, 2.75) is 25.0 Å². The van der Waals surface area contributed by atoms with Gasteiger partial charge in [0.1, 0.15) is 0 Å². The monoisotopic (exact) mass is 180 g/mol. The molecule has 0 spiro atoms. The molecule has 0 saturated carbocycles. The smallest absolute Gasteiger partial charge is 0.309 e. The molecule has 0 amide bonds. The van der Waals surface area contributed by atoms with E-state index >= 15 is 0 Å². The summed E-state index contributed by atoms with van der Waals surface area (Å²) >= 11 is 0. The highest BCUT2D eigenvalue weighted by Gasteiger charge is 2.53. The quantitative estimate of drug-likeness (QED) is 0.585. The maximum absolute atomic E-state index is 11.0. The topological polar surface area (TPSA) is 63.6 Å². The number of carboxylic acid groups (broad SMARTS) is 1. The summed E-state index contributed by atoms with van der Waals surface area (Å²) in [5.41, 5.74) is -0.556. The van der Waals surface area contributed by atoms with Crippen LogP contribution in [-0.4, -0.2) is 36.8 Å². The lowest BCUT2D eigenvalue weighted by Gasteiger charge is -2.22. The van der Waals surface area contributed by atoms with Gasteiger partial charge in [0.05, 0.1) is 23.8 Å². The molecule has 68 valence electrons. The van der Waals surface area contributed by atoms with Gasteiger partial charge in [-0.3, -0.25) is 4.79 Å². The van der Waals surface area contributed by atoms with Gasteiger partial charge in [0, 0.05) is 5.92 Å². The zero-order valence-electron chi connectivity index (χ0n) is 6.97. The van der Waals surface area contributed by atoms with Crippen LogP contribution in [0, 0.1) is 11.8 Å². The lowest BCUT2D eigenvalue weighted by Crippen LogP contribution is -2.38. The second-order valence-electron chi connectivity index (χ2n) is 3.58. The summed E-state index contributed by atoms with van der Waals surface area (Å²) in [5, 5.41) is 8.87. The zero-order valence-corrected chi connectivity index (χ0v) is 6.97. The van der Waals surface area contributed by atoms with Crippen molar-refractivity contribution in [3.05, 3.63) is 0 Å². The van der Waals surface area contributed by atoms with Gasteiger partial charge >= 0.3 is 5.97 Å². The largest absolute Gasteiger partial charge is 0.481 e. The maximum Gasteiger partial charge on any atom is 0.309 e. The Morgan fingerprint density at radius 2 is 1.77 bits per heavy atom. The molecule has 2 aliphatic rings. The summed E-state index contributed by atoms with van der Waals surface area (Å²) in [6.45, 7) is 0. The first-order valence-corrected chi connectivity index (χ1v) is 4.29. The molecule has 4 nitrogen and oxygen atoms in total. The Hall–Kier alpha value is -0.835. The number of fused-ring (bicyclic) bond motifs is 2. The lowest BCUT2D eigenvalue weighted by atomic mass is 9.72. The van der Waals surface area contributed by atoms with Crippen molar-refractivity contribution in [2.75, 3.05) is 0 Å². The van der Waals surface area contributed by atoms with E-state index in [-0.39, 0.29) is 12.2 Å². The second kappa shape index (κ2) is 2.84. The van der Waals surface area contributed by atoms with Crippen LogP contribution in [0.4, 0.5) is 0 Å². The van der Waals surface area contributed by atoms with E-state index in [1.807, 2.05) is 0 Å². The van der Waals surface area contributed by atoms with Gasteiger partial charge < -0.3 is 14.6 Å². The Morgan fingerprint density at radius 3 is 2.15 bits per heavy atom. The standard InChI is InChI=1S/C8H9BO4/c9-7(10)5-3-1-2-4(13-3)6(5)8(11)12/h3-6H,1-2H2,(H,11,12)/t3-,4+,5?,6?/m0/s1. The molecule has 4 atom stereocenters. The number of carbonyl (C=O) groups excluding carboxylic acids is 1. The first-order chi connectivity index (χ1) is 6.11. The van der Waals surface area contributed by atoms with Crippen LogP contribution in [0.1, 0.15) is 12.8 Å². The number of ether oxygens (including phenoxy) is 1. The van der Waals surface area contributed by atoms with Gasteiger partial charge in [-0.25, -0.2) is 0 Å². The van der Waals surface area contributed by atoms with Gasteiger partial charge in [-0.15, -0.1) is 0 Å². The van der Waals surface area contributed by atoms with Crippen molar-refractivity contribution in [3.63, 3.8) is 0 Å². The number of rotatable bonds is 2. The number of aliphatic carboxylic acids is 1. The average Bonchev–Trinajstić information content (AvgIpc) is 2.60. The second-order valence-corrected chi connectivity index (χ2v) is 3.58. The minimum absolute atomic E-state index is 0.261. The Labute approximate surface area is 76.7 Å². The molecule has 2 fully saturated rings. The summed E-state index contributed by atoms with van der Waals surface area (Å²) in [6, 6.07) is 0. The van der Waals surface area contributed by atoms with Gasteiger partial charge in [-0.2, -0.15) is 0 Å². The molecule has 0 aromatic carbocycles. The predicted molar refractivity (Wildman–Crippen MR) is 43.3 cm³/mol. The van der Waals surface area contributed by atoms with E-state index in [0.29, 0.717) is 0 Å². The molecule has 2 radical (unpaired) electrons. The van der Waals surface area contributed by atoms with Gasteiger partial charge in [0.15, 0.2) is 7.85 Å². The molecule has 0 aliphatic carbocycles. The van der Waals surface area contributed by atoms with Crippen molar-refractivity contribution < 1.29 is 19.4 Å². The van der Waals surface area contributed by atoms with Crippen LogP contribution in [0.15, 0.2) is 0 Å². The molecular formula is C8H9BO4. The van der Waals surface area contributed by atoms with Gasteiger partial charge in [-0.1, -0.05) is 0 Å². The van der Waals surface area contributed by atoms with Gasteiger partial charge in [0.2, 0.25) is 0 Å². The van der Waals surface area contributed by atoms with Crippen LogP contribution >= 0.6 is 0 Å². The fourth-order valence-electron chi connectivity index (χ4n) is 2.35. The molecule has 2 unspecified atom stereocenters. The van der Waals surface area contributed by atoms with Crippen LogP contribution in [0.5, 0.6) is 0 Å². The summed E-state index contributed by atoms with van der Waals surface area (Å²) in [4.78, 5) is 21.8. The molecule has 2 bridgehead atoms. The van der Waals surface area contributed by atoms with Gasteiger partial charge in [0.25, 0.3) is 0 Å². The minimum atomic E-state index is -0.976. The number of hydrogen-bond acceptors (Lipinski definition) is 3. The van der Waals surface area contributed by atoms with Crippen molar-refractivity contribution in [3.8, 4) is 0 Å². The predicted octanol–water partition coefficient (Wildman–Crippen LogP) is -0.440. The first kappa shape index (κ1) is 8.75. The summed E-state index contributed by atoms with van der Waals surface area (Å²) in [7, 11) is 5.13. The van der Waals surface area contributed by atoms with Crippen LogP contribution in [-0.2, 0) is 14.3 Å². The van der Waals surface area contributed by atoms with Crippen molar-refractivity contribution in [1.82, 2.24) is 0 Å². The Morgan fingerprint density at radius 1 is 1.23 bits per heavy atom. The summed E-state index contributed by atoms with van der Waals surface area (Å²) in [6.07, 6.45) is 0.914. The van der Waals surface area contributed by atoms with Crippen molar-refractivity contribution in [1.29, 1.82) is 0 Å². The van der Waals surface area contributed by atoms with Crippen molar-refractivity contribution >= 4 is 19.5 Å². The SMILES string of the molecule is [B]C(=O)C1C(C(=O)O)[C@H]2CC[C@@H]1O2. The van der Waals surface area contributed by atoms with Gasteiger partial charge in [-0.05, 0) is 12.8 Å². The molecular weight excluding hydrogens is 171 g/mol. The van der Waals surface area contributed by atoms with E-state index in [0.717, 1.165) is 12.8 Å². The third-order valence-electron chi connectivity index (χ3n) is 2.89. The molecule has 0 aromatic rings. The third kappa shape index (κ3) is 1.18. The normalized spacial score (nSPS) is 42.2. The fourth-order valence-corrected chi connectivity index (χ4v) is 2.35. The Balaban J connectivity index is 2.24. The highest BCUT2D eigenvalue weighted by molar-refractivity contribution is 6.58. The van der Waals surface area contributed by atoms with Crippen LogP contribution in [0.25, 0.3) is 0 Å². The summed E-state index contributed by atoms with van der Waals surface area (Å²) < 4.78 is 5.34. The Kier molecular flexibility index (Phi) is 1.91. The summed E-state index contributed by atoms with van der Waals surface area (Å²) in [5.74, 6) is -2.33. The van der Waals surface area contributed by atoms with E-state index < -0.39 is 23.5 Å². The average molecular weight is 180 g/mol. The van der Waals surface area contributed by atoms with Crippen molar-refractivity contribution in [2.24, 2.45) is 11.8 Å². The molecule has 1 N–H and O–H groups in total. The lowest BCUT2D eigenvalue weighted by molar-refractivity contribution is -0.146. The zero-order chi connectivity index (χ0) is 9.59. The van der Waals surface area contributed by atoms with E-state index in [4.69, 9.17) is 17.7 Å². The molecule has 13 heavy (non-hydrogen) atoms. The molecule has 2 heterocycles. The van der Waals surface area contributed by atoms with Crippen LogP contribution in [0.3, 0.4) is 0 Å². The Bertz CT molecular complexity index is 239. The molecule has 2 saturated heterocycles. The van der Waals surface area contributed by atoms with E-state index in [1.165, 1.54) is 0 Å². The van der Waals surface area contributed by atoms with Crippen LogP contribution in [0.2, 0.25) is 0 Å². The molecule has 2 aliphatic heterocycles. The minimum Gasteiger partial charge on any atom is -0.481 e. The maximum atomic E-state index is 11.0. The molecule has 0 aromatic heterocycles.